The number of hydrogen-bond acceptors (Lipinski definition) is 3. The van der Waals surface area contributed by atoms with Crippen molar-refractivity contribution in [3.8, 4) is 0 Å². The molecule has 6 nitrogen and oxygen atoms in total. The van der Waals surface area contributed by atoms with E-state index in [1.807, 2.05) is 0 Å². The Labute approximate surface area is 73.9 Å². The molecule has 68 valence electrons. The molecule has 1 saturated heterocycles. The predicted molar refractivity (Wildman–Crippen MR) is 42.6 cm³/mol. The van der Waals surface area contributed by atoms with Crippen LogP contribution in [0.15, 0.2) is 12.5 Å². The minimum atomic E-state index is -0.645. The lowest BCUT2D eigenvalue weighted by Gasteiger charge is -2.00. The highest BCUT2D eigenvalue weighted by molar-refractivity contribution is 6.04. The third kappa shape index (κ3) is 1.26. The SMILES string of the molecule is Cn1cnc([C@H]2NC(=O)NC2=O)c1. The van der Waals surface area contributed by atoms with Crippen molar-refractivity contribution in [1.29, 1.82) is 0 Å². The zero-order valence-electron chi connectivity index (χ0n) is 6.94. The lowest BCUT2D eigenvalue weighted by atomic mass is 10.2. The minimum absolute atomic E-state index is 0.358. The van der Waals surface area contributed by atoms with Gasteiger partial charge in [0.05, 0.1) is 12.0 Å². The summed E-state index contributed by atoms with van der Waals surface area (Å²) in [4.78, 5) is 25.9. The summed E-state index contributed by atoms with van der Waals surface area (Å²) < 4.78 is 1.72. The third-order valence-corrected chi connectivity index (χ3v) is 1.79. The van der Waals surface area contributed by atoms with Gasteiger partial charge in [-0.25, -0.2) is 9.78 Å². The highest BCUT2D eigenvalue weighted by atomic mass is 16.2. The number of amides is 3. The van der Waals surface area contributed by atoms with Crippen LogP contribution in [0.4, 0.5) is 4.79 Å². The van der Waals surface area contributed by atoms with Crippen molar-refractivity contribution >= 4 is 11.9 Å². The van der Waals surface area contributed by atoms with Crippen LogP contribution >= 0.6 is 0 Å². The smallest absolute Gasteiger partial charge is 0.322 e. The summed E-state index contributed by atoms with van der Waals surface area (Å²) in [6.07, 6.45) is 3.27. The summed E-state index contributed by atoms with van der Waals surface area (Å²) in [5.74, 6) is -0.358. The fourth-order valence-electron chi connectivity index (χ4n) is 1.21. The summed E-state index contributed by atoms with van der Waals surface area (Å²) in [5, 5.41) is 4.59. The van der Waals surface area contributed by atoms with Crippen LogP contribution in [0.1, 0.15) is 11.7 Å². The Morgan fingerprint density at radius 1 is 1.54 bits per heavy atom. The minimum Gasteiger partial charge on any atom is -0.340 e. The summed E-state index contributed by atoms with van der Waals surface area (Å²) in [5.41, 5.74) is 0.547. The van der Waals surface area contributed by atoms with E-state index in [0.717, 1.165) is 0 Å². The van der Waals surface area contributed by atoms with Crippen molar-refractivity contribution in [2.45, 2.75) is 6.04 Å². The topological polar surface area (TPSA) is 76.0 Å². The number of nitrogens with zero attached hydrogens (tertiary/aromatic N) is 2. The lowest BCUT2D eigenvalue weighted by Crippen LogP contribution is -2.22. The molecule has 0 bridgehead atoms. The molecule has 1 aliphatic heterocycles. The number of urea groups is 1. The fraction of sp³-hybridized carbons (Fsp3) is 0.286. The quantitative estimate of drug-likeness (QED) is 0.561. The number of imidazole rings is 1. The largest absolute Gasteiger partial charge is 0.340 e. The highest BCUT2D eigenvalue weighted by Gasteiger charge is 2.32. The molecule has 1 aromatic rings. The summed E-state index contributed by atoms with van der Waals surface area (Å²) in [6.45, 7) is 0. The molecular formula is C7H8N4O2. The first kappa shape index (κ1) is 7.78. The second-order valence-corrected chi connectivity index (χ2v) is 2.86. The van der Waals surface area contributed by atoms with Gasteiger partial charge in [-0.2, -0.15) is 0 Å². The molecule has 0 unspecified atom stereocenters. The van der Waals surface area contributed by atoms with Gasteiger partial charge in [0.15, 0.2) is 6.04 Å². The standard InChI is InChI=1S/C7H8N4O2/c1-11-2-4(8-3-11)5-6(12)10-7(13)9-5/h2-3,5H,1H3,(H2,9,10,12,13)/t5-/m1/s1. The number of aromatic nitrogens is 2. The van der Waals surface area contributed by atoms with E-state index in [2.05, 4.69) is 15.6 Å². The molecule has 2 rings (SSSR count). The van der Waals surface area contributed by atoms with Crippen LogP contribution < -0.4 is 10.6 Å². The van der Waals surface area contributed by atoms with Gasteiger partial charge in [0.1, 0.15) is 0 Å². The van der Waals surface area contributed by atoms with E-state index in [4.69, 9.17) is 0 Å². The molecule has 3 amide bonds. The monoisotopic (exact) mass is 180 g/mol. The number of nitrogens with one attached hydrogen (secondary N) is 2. The van der Waals surface area contributed by atoms with Crippen LogP contribution in [0, 0.1) is 0 Å². The predicted octanol–water partition coefficient (Wildman–Crippen LogP) is -0.699. The molecule has 0 radical (unpaired) electrons. The second kappa shape index (κ2) is 2.58. The van der Waals surface area contributed by atoms with Crippen molar-refractivity contribution in [1.82, 2.24) is 20.2 Å². The molecule has 2 N–H and O–H groups in total. The van der Waals surface area contributed by atoms with E-state index in [1.165, 1.54) is 0 Å². The molecule has 0 spiro atoms. The van der Waals surface area contributed by atoms with Gasteiger partial charge in [-0.1, -0.05) is 0 Å². The Hall–Kier alpha value is -1.85. The second-order valence-electron chi connectivity index (χ2n) is 2.86. The van der Waals surface area contributed by atoms with E-state index in [1.54, 1.807) is 24.1 Å². The van der Waals surface area contributed by atoms with Crippen LogP contribution in [0.3, 0.4) is 0 Å². The maximum Gasteiger partial charge on any atom is 0.322 e. The van der Waals surface area contributed by atoms with Gasteiger partial charge in [-0.05, 0) is 0 Å². The van der Waals surface area contributed by atoms with Gasteiger partial charge in [-0.3, -0.25) is 10.1 Å². The summed E-state index contributed by atoms with van der Waals surface area (Å²) >= 11 is 0. The number of hydrogen-bond donors (Lipinski definition) is 2. The average molecular weight is 180 g/mol. The normalized spacial score (nSPS) is 21.5. The van der Waals surface area contributed by atoms with Crippen LogP contribution in [-0.4, -0.2) is 21.5 Å². The average Bonchev–Trinajstić information content (AvgIpc) is 2.58. The Morgan fingerprint density at radius 2 is 2.31 bits per heavy atom. The van der Waals surface area contributed by atoms with E-state index < -0.39 is 12.1 Å². The molecule has 6 heteroatoms. The van der Waals surface area contributed by atoms with Gasteiger partial charge in [0.25, 0.3) is 5.91 Å². The Balaban J connectivity index is 2.27. The van der Waals surface area contributed by atoms with Gasteiger partial charge in [-0.15, -0.1) is 0 Å². The number of aryl methyl sites for hydroxylation is 1. The van der Waals surface area contributed by atoms with Crippen LogP contribution in [0.25, 0.3) is 0 Å². The number of rotatable bonds is 1. The molecule has 1 aromatic heterocycles. The molecule has 0 aliphatic carbocycles. The lowest BCUT2D eigenvalue weighted by molar-refractivity contribution is -0.120. The van der Waals surface area contributed by atoms with Crippen molar-refractivity contribution in [2.24, 2.45) is 7.05 Å². The molecule has 0 saturated carbocycles. The first-order chi connectivity index (χ1) is 6.16. The molecule has 1 fully saturated rings. The number of carbonyl (C=O) groups is 2. The van der Waals surface area contributed by atoms with Crippen LogP contribution in [-0.2, 0) is 11.8 Å². The first-order valence-corrected chi connectivity index (χ1v) is 3.76. The van der Waals surface area contributed by atoms with Crippen molar-refractivity contribution in [2.75, 3.05) is 0 Å². The summed E-state index contributed by atoms with van der Waals surface area (Å²) in [7, 11) is 1.80. The van der Waals surface area contributed by atoms with E-state index in [-0.39, 0.29) is 5.91 Å². The van der Waals surface area contributed by atoms with E-state index in [9.17, 15) is 9.59 Å². The number of carbonyl (C=O) groups excluding carboxylic acids is 2. The molecule has 1 atom stereocenters. The molecule has 2 heterocycles. The van der Waals surface area contributed by atoms with Crippen molar-refractivity contribution < 1.29 is 9.59 Å². The van der Waals surface area contributed by atoms with Gasteiger partial charge >= 0.3 is 6.03 Å². The Bertz CT molecular complexity index is 370. The van der Waals surface area contributed by atoms with E-state index in [0.29, 0.717) is 5.69 Å². The van der Waals surface area contributed by atoms with Crippen LogP contribution in [0.2, 0.25) is 0 Å². The third-order valence-electron chi connectivity index (χ3n) is 1.79. The zero-order valence-corrected chi connectivity index (χ0v) is 6.94. The van der Waals surface area contributed by atoms with Gasteiger partial charge in [0, 0.05) is 13.2 Å². The Kier molecular flexibility index (Phi) is 1.54. The van der Waals surface area contributed by atoms with Gasteiger partial charge < -0.3 is 9.88 Å². The Morgan fingerprint density at radius 3 is 2.77 bits per heavy atom. The maximum atomic E-state index is 11.2. The van der Waals surface area contributed by atoms with E-state index >= 15 is 0 Å². The maximum absolute atomic E-state index is 11.2. The summed E-state index contributed by atoms with van der Waals surface area (Å²) in [6, 6.07) is -1.12. The number of imide groups is 1. The molecule has 0 aromatic carbocycles. The molecular weight excluding hydrogens is 172 g/mol. The van der Waals surface area contributed by atoms with Crippen molar-refractivity contribution in [3.05, 3.63) is 18.2 Å². The first-order valence-electron chi connectivity index (χ1n) is 3.76. The molecule has 13 heavy (non-hydrogen) atoms. The zero-order chi connectivity index (χ0) is 9.42. The van der Waals surface area contributed by atoms with Crippen LogP contribution in [0.5, 0.6) is 0 Å². The van der Waals surface area contributed by atoms with Gasteiger partial charge in [0.2, 0.25) is 0 Å². The highest BCUT2D eigenvalue weighted by Crippen LogP contribution is 2.13. The van der Waals surface area contributed by atoms with Crippen molar-refractivity contribution in [3.63, 3.8) is 0 Å². The molecule has 1 aliphatic rings. The fourth-order valence-corrected chi connectivity index (χ4v) is 1.21.